The average Bonchev–Trinajstić information content (AvgIpc) is 3.45. The molecule has 1 amide bonds. The third-order valence-electron chi connectivity index (χ3n) is 5.46. The Morgan fingerprint density at radius 2 is 1.88 bits per heavy atom. The van der Waals surface area contributed by atoms with E-state index in [-0.39, 0.29) is 35.7 Å². The summed E-state index contributed by atoms with van der Waals surface area (Å²) in [6.45, 7) is 0.190. The molecule has 33 heavy (non-hydrogen) atoms. The van der Waals surface area contributed by atoms with Crippen molar-refractivity contribution in [3.05, 3.63) is 77.4 Å². The molecule has 0 radical (unpaired) electrons. The fourth-order valence-corrected chi connectivity index (χ4v) is 3.64. The number of amides is 1. The van der Waals surface area contributed by atoms with Gasteiger partial charge >= 0.3 is 0 Å². The summed E-state index contributed by atoms with van der Waals surface area (Å²) in [7, 11) is 1.60. The van der Waals surface area contributed by atoms with Gasteiger partial charge in [0.2, 0.25) is 5.88 Å². The Bertz CT molecular complexity index is 1350. The second-order valence-electron chi connectivity index (χ2n) is 8.05. The molecule has 6 nitrogen and oxygen atoms in total. The van der Waals surface area contributed by atoms with E-state index in [4.69, 9.17) is 4.74 Å². The molecule has 4 aromatic rings. The summed E-state index contributed by atoms with van der Waals surface area (Å²) >= 11 is 0. The van der Waals surface area contributed by atoms with Gasteiger partial charge in [-0.1, -0.05) is 6.07 Å². The van der Waals surface area contributed by atoms with E-state index < -0.39 is 17.5 Å². The van der Waals surface area contributed by atoms with Gasteiger partial charge in [0, 0.05) is 25.2 Å². The topological polar surface area (TPSA) is 71.1 Å². The largest absolute Gasteiger partial charge is 0.474 e. The Morgan fingerprint density at radius 3 is 2.61 bits per heavy atom. The highest BCUT2D eigenvalue weighted by Gasteiger charge is 2.27. The first-order valence-electron chi connectivity index (χ1n) is 10.4. The van der Waals surface area contributed by atoms with Gasteiger partial charge in [-0.2, -0.15) is 5.10 Å². The van der Waals surface area contributed by atoms with Crippen LogP contribution in [0.15, 0.2) is 48.7 Å². The molecule has 1 aliphatic rings. The number of hydrogen-bond acceptors (Lipinski definition) is 4. The number of benzene rings is 2. The molecule has 2 aromatic carbocycles. The lowest BCUT2D eigenvalue weighted by Crippen LogP contribution is -2.27. The number of nitrogens with zero attached hydrogens (tertiary/aromatic N) is 3. The Labute approximate surface area is 187 Å². The van der Waals surface area contributed by atoms with Gasteiger partial charge in [0.05, 0.1) is 17.1 Å². The Balaban J connectivity index is 1.44. The number of pyridine rings is 1. The van der Waals surface area contributed by atoms with Gasteiger partial charge in [-0.05, 0) is 54.3 Å². The lowest BCUT2D eigenvalue weighted by molar-refractivity contribution is 0.0778. The minimum absolute atomic E-state index is 0.0365. The van der Waals surface area contributed by atoms with E-state index in [1.54, 1.807) is 19.2 Å². The molecule has 0 aliphatic heterocycles. The van der Waals surface area contributed by atoms with Gasteiger partial charge in [0.1, 0.15) is 29.2 Å². The van der Waals surface area contributed by atoms with E-state index in [1.165, 1.54) is 35.4 Å². The first kappa shape index (κ1) is 21.0. The summed E-state index contributed by atoms with van der Waals surface area (Å²) in [4.78, 5) is 18.9. The minimum atomic E-state index is -0.716. The zero-order chi connectivity index (χ0) is 23.1. The fourth-order valence-electron chi connectivity index (χ4n) is 3.64. The molecule has 0 saturated heterocycles. The number of ether oxygens (including phenoxy) is 1. The predicted molar refractivity (Wildman–Crippen MR) is 115 cm³/mol. The number of aromatic amines is 1. The van der Waals surface area contributed by atoms with Crippen molar-refractivity contribution >= 4 is 16.8 Å². The van der Waals surface area contributed by atoms with Gasteiger partial charge in [0.25, 0.3) is 5.91 Å². The van der Waals surface area contributed by atoms with Crippen LogP contribution >= 0.6 is 0 Å². The summed E-state index contributed by atoms with van der Waals surface area (Å²) in [6.07, 6.45) is 3.06. The number of fused-ring (bicyclic) bond motifs is 1. The molecule has 5 rings (SSSR count). The zero-order valence-corrected chi connectivity index (χ0v) is 17.6. The lowest BCUT2D eigenvalue weighted by atomic mass is 10.1. The third kappa shape index (κ3) is 4.26. The van der Waals surface area contributed by atoms with Crippen LogP contribution in [0.4, 0.5) is 13.2 Å². The molecule has 1 saturated carbocycles. The third-order valence-corrected chi connectivity index (χ3v) is 5.46. The first-order valence-corrected chi connectivity index (χ1v) is 10.4. The van der Waals surface area contributed by atoms with Gasteiger partial charge in [0.15, 0.2) is 0 Å². The Hall–Kier alpha value is -3.88. The smallest absolute Gasteiger partial charge is 0.272 e. The van der Waals surface area contributed by atoms with Crippen LogP contribution < -0.4 is 4.74 Å². The molecule has 0 spiro atoms. The number of hydrogen-bond donors (Lipinski definition) is 1. The maximum Gasteiger partial charge on any atom is 0.272 e. The van der Waals surface area contributed by atoms with E-state index in [0.717, 1.165) is 18.9 Å². The fraction of sp³-hybridized carbons (Fsp3) is 0.208. The summed E-state index contributed by atoms with van der Waals surface area (Å²) in [5, 5.41) is 6.98. The van der Waals surface area contributed by atoms with Crippen molar-refractivity contribution < 1.29 is 22.7 Å². The van der Waals surface area contributed by atoms with Crippen LogP contribution in [0, 0.1) is 17.5 Å². The minimum Gasteiger partial charge on any atom is -0.474 e. The van der Waals surface area contributed by atoms with E-state index in [0.29, 0.717) is 22.0 Å². The van der Waals surface area contributed by atoms with E-state index in [1.807, 2.05) is 0 Å². The van der Waals surface area contributed by atoms with Crippen molar-refractivity contribution in [3.63, 3.8) is 0 Å². The first-order chi connectivity index (χ1) is 15.9. The molecule has 1 fully saturated rings. The quantitative estimate of drug-likeness (QED) is 0.454. The molecule has 1 aliphatic carbocycles. The van der Waals surface area contributed by atoms with E-state index >= 15 is 0 Å². The highest BCUT2D eigenvalue weighted by Crippen LogP contribution is 2.34. The van der Waals surface area contributed by atoms with Crippen molar-refractivity contribution in [1.82, 2.24) is 20.1 Å². The maximum atomic E-state index is 13.9. The number of rotatable bonds is 6. The van der Waals surface area contributed by atoms with Crippen LogP contribution in [0.3, 0.4) is 0 Å². The van der Waals surface area contributed by atoms with Gasteiger partial charge < -0.3 is 9.64 Å². The van der Waals surface area contributed by atoms with Crippen LogP contribution in [0.1, 0.15) is 28.9 Å². The summed E-state index contributed by atoms with van der Waals surface area (Å²) in [5.41, 5.74) is 2.01. The zero-order valence-electron chi connectivity index (χ0n) is 17.6. The molecule has 1 N–H and O–H groups in total. The number of halogens is 3. The average molecular weight is 452 g/mol. The van der Waals surface area contributed by atoms with Gasteiger partial charge in [-0.3, -0.25) is 9.89 Å². The second-order valence-corrected chi connectivity index (χ2v) is 8.05. The molecule has 0 atom stereocenters. The highest BCUT2D eigenvalue weighted by molar-refractivity contribution is 5.93. The van der Waals surface area contributed by atoms with Crippen LogP contribution in [0.5, 0.6) is 5.88 Å². The molecular weight excluding hydrogens is 433 g/mol. The predicted octanol–water partition coefficient (Wildman–Crippen LogP) is 4.86. The standard InChI is InChI=1S/C24H19F3N4O2/c1-31(12-13-2-6-20(27)19-11-28-30-22(13)19)24(32)21-7-5-18(23(29-21)33-17-3-4-17)14-8-15(25)10-16(26)9-14/h2,5-11,17H,3-4,12H2,1H3,(H,28,30). The molecular formula is C24H19F3N4O2. The molecule has 2 aromatic heterocycles. The summed E-state index contributed by atoms with van der Waals surface area (Å²) in [5.74, 6) is -2.06. The monoisotopic (exact) mass is 452 g/mol. The van der Waals surface area contributed by atoms with Gasteiger partial charge in [-0.15, -0.1) is 0 Å². The molecule has 168 valence electrons. The van der Waals surface area contributed by atoms with Crippen LogP contribution in [0.2, 0.25) is 0 Å². The number of nitrogens with one attached hydrogen (secondary N) is 1. The molecule has 0 bridgehead atoms. The van der Waals surface area contributed by atoms with Crippen molar-refractivity contribution in [2.75, 3.05) is 7.05 Å². The Morgan fingerprint density at radius 1 is 1.12 bits per heavy atom. The van der Waals surface area contributed by atoms with E-state index in [9.17, 15) is 18.0 Å². The SMILES string of the molecule is CN(Cc1ccc(F)c2cn[nH]c12)C(=O)c1ccc(-c2cc(F)cc(F)c2)c(OC2CC2)n1. The summed E-state index contributed by atoms with van der Waals surface area (Å²) < 4.78 is 47.3. The molecule has 0 unspecified atom stereocenters. The number of carbonyl (C=O) groups excluding carboxylic acids is 1. The van der Waals surface area contributed by atoms with Crippen molar-refractivity contribution in [3.8, 4) is 17.0 Å². The number of aromatic nitrogens is 3. The highest BCUT2D eigenvalue weighted by atomic mass is 19.1. The molecule has 2 heterocycles. The van der Waals surface area contributed by atoms with Gasteiger partial charge in [-0.25, -0.2) is 18.2 Å². The summed E-state index contributed by atoms with van der Waals surface area (Å²) in [6, 6.07) is 9.17. The Kier molecular flexibility index (Phi) is 5.24. The van der Waals surface area contributed by atoms with Crippen molar-refractivity contribution in [2.24, 2.45) is 0 Å². The number of H-pyrrole nitrogens is 1. The normalized spacial score (nSPS) is 13.3. The van der Waals surface area contributed by atoms with Crippen LogP contribution in [-0.2, 0) is 6.54 Å². The van der Waals surface area contributed by atoms with Crippen LogP contribution in [-0.4, -0.2) is 39.1 Å². The molecule has 9 heteroatoms. The van der Waals surface area contributed by atoms with Crippen molar-refractivity contribution in [2.45, 2.75) is 25.5 Å². The van der Waals surface area contributed by atoms with Crippen LogP contribution in [0.25, 0.3) is 22.0 Å². The van der Waals surface area contributed by atoms with E-state index in [2.05, 4.69) is 15.2 Å². The lowest BCUT2D eigenvalue weighted by Gasteiger charge is -2.18. The van der Waals surface area contributed by atoms with Crippen molar-refractivity contribution in [1.29, 1.82) is 0 Å². The number of carbonyl (C=O) groups is 1. The second kappa shape index (κ2) is 8.23. The maximum absolute atomic E-state index is 13.9.